The third-order valence-corrected chi connectivity index (χ3v) is 4.16. The van der Waals surface area contributed by atoms with Gasteiger partial charge in [-0.05, 0) is 18.1 Å². The summed E-state index contributed by atoms with van der Waals surface area (Å²) in [4.78, 5) is 18.7. The Kier molecular flexibility index (Phi) is 6.23. The standard InChI is InChI=1S/C19H24N4O2/c24-19(21-10-8-16-5-2-1-3-6-16)22-15-17-7-4-9-20-18(17)23-11-13-25-14-12-23/h1-7,9H,8,10-15H2,(H2,21,22,24). The van der Waals surface area contributed by atoms with Gasteiger partial charge < -0.3 is 20.3 Å². The van der Waals surface area contributed by atoms with Crippen molar-refractivity contribution in [1.29, 1.82) is 0 Å². The zero-order chi connectivity index (χ0) is 17.3. The molecule has 1 aromatic carbocycles. The number of carbonyl (C=O) groups is 1. The minimum Gasteiger partial charge on any atom is -0.378 e. The van der Waals surface area contributed by atoms with Crippen molar-refractivity contribution in [2.24, 2.45) is 0 Å². The van der Waals surface area contributed by atoms with Crippen molar-refractivity contribution in [2.75, 3.05) is 37.7 Å². The molecule has 3 rings (SSSR count). The van der Waals surface area contributed by atoms with Crippen molar-refractivity contribution in [3.8, 4) is 0 Å². The second kappa shape index (κ2) is 9.03. The highest BCUT2D eigenvalue weighted by atomic mass is 16.5. The fourth-order valence-electron chi connectivity index (χ4n) is 2.83. The number of rotatable bonds is 6. The average Bonchev–Trinajstić information content (AvgIpc) is 2.68. The SMILES string of the molecule is O=C(NCCc1ccccc1)NCc1cccnc1N1CCOCC1. The molecule has 1 fully saturated rings. The average molecular weight is 340 g/mol. The minimum absolute atomic E-state index is 0.160. The van der Waals surface area contributed by atoms with Gasteiger partial charge in [-0.2, -0.15) is 0 Å². The molecule has 0 saturated carbocycles. The predicted molar refractivity (Wildman–Crippen MR) is 97.7 cm³/mol. The quantitative estimate of drug-likeness (QED) is 0.844. The molecule has 6 nitrogen and oxygen atoms in total. The summed E-state index contributed by atoms with van der Waals surface area (Å²) in [5.74, 6) is 0.926. The van der Waals surface area contributed by atoms with E-state index in [0.29, 0.717) is 26.3 Å². The zero-order valence-corrected chi connectivity index (χ0v) is 14.3. The van der Waals surface area contributed by atoms with Gasteiger partial charge >= 0.3 is 6.03 Å². The molecule has 2 N–H and O–H groups in total. The molecule has 0 radical (unpaired) electrons. The Balaban J connectivity index is 1.47. The molecule has 0 spiro atoms. The smallest absolute Gasteiger partial charge is 0.315 e. The number of carbonyl (C=O) groups excluding carboxylic acids is 1. The van der Waals surface area contributed by atoms with E-state index in [9.17, 15) is 4.79 Å². The first-order valence-electron chi connectivity index (χ1n) is 8.65. The highest BCUT2D eigenvalue weighted by Crippen LogP contribution is 2.18. The Bertz CT molecular complexity index is 672. The monoisotopic (exact) mass is 340 g/mol. The largest absolute Gasteiger partial charge is 0.378 e. The number of hydrogen-bond donors (Lipinski definition) is 2. The van der Waals surface area contributed by atoms with Gasteiger partial charge in [0.1, 0.15) is 5.82 Å². The fourth-order valence-corrected chi connectivity index (χ4v) is 2.83. The van der Waals surface area contributed by atoms with E-state index >= 15 is 0 Å². The maximum Gasteiger partial charge on any atom is 0.315 e. The Labute approximate surface area is 148 Å². The molecule has 1 aliphatic heterocycles. The van der Waals surface area contributed by atoms with Crippen molar-refractivity contribution in [2.45, 2.75) is 13.0 Å². The molecule has 2 heterocycles. The van der Waals surface area contributed by atoms with Gasteiger partial charge in [0, 0.05) is 37.9 Å². The maximum atomic E-state index is 12.0. The van der Waals surface area contributed by atoms with Gasteiger partial charge in [-0.3, -0.25) is 0 Å². The van der Waals surface area contributed by atoms with E-state index < -0.39 is 0 Å². The van der Waals surface area contributed by atoms with Crippen LogP contribution in [0, 0.1) is 0 Å². The van der Waals surface area contributed by atoms with Crippen molar-refractivity contribution < 1.29 is 9.53 Å². The molecular weight excluding hydrogens is 316 g/mol. The van der Waals surface area contributed by atoms with E-state index in [1.54, 1.807) is 6.20 Å². The molecule has 0 atom stereocenters. The van der Waals surface area contributed by atoms with Crippen molar-refractivity contribution in [1.82, 2.24) is 15.6 Å². The van der Waals surface area contributed by atoms with E-state index in [2.05, 4.69) is 32.7 Å². The zero-order valence-electron chi connectivity index (χ0n) is 14.3. The number of aromatic nitrogens is 1. The third kappa shape index (κ3) is 5.19. The minimum atomic E-state index is -0.160. The van der Waals surface area contributed by atoms with Crippen LogP contribution >= 0.6 is 0 Å². The lowest BCUT2D eigenvalue weighted by Crippen LogP contribution is -2.39. The van der Waals surface area contributed by atoms with Gasteiger partial charge in [0.05, 0.1) is 13.2 Å². The van der Waals surface area contributed by atoms with Crippen LogP contribution in [0.5, 0.6) is 0 Å². The lowest BCUT2D eigenvalue weighted by Gasteiger charge is -2.29. The summed E-state index contributed by atoms with van der Waals surface area (Å²) >= 11 is 0. The Morgan fingerprint density at radius 3 is 2.68 bits per heavy atom. The molecule has 2 aromatic rings. The van der Waals surface area contributed by atoms with Crippen LogP contribution in [-0.2, 0) is 17.7 Å². The second-order valence-electron chi connectivity index (χ2n) is 5.93. The van der Waals surface area contributed by atoms with Gasteiger partial charge in [0.15, 0.2) is 0 Å². The van der Waals surface area contributed by atoms with Gasteiger partial charge in [-0.1, -0.05) is 36.4 Å². The summed E-state index contributed by atoms with van der Waals surface area (Å²) in [5, 5.41) is 5.81. The molecule has 1 saturated heterocycles. The number of pyridine rings is 1. The number of benzene rings is 1. The Morgan fingerprint density at radius 2 is 1.88 bits per heavy atom. The number of hydrogen-bond acceptors (Lipinski definition) is 4. The van der Waals surface area contributed by atoms with Crippen molar-refractivity contribution in [3.63, 3.8) is 0 Å². The fraction of sp³-hybridized carbons (Fsp3) is 0.368. The number of ether oxygens (including phenoxy) is 1. The van der Waals surface area contributed by atoms with Crippen LogP contribution in [0.3, 0.4) is 0 Å². The molecule has 0 aliphatic carbocycles. The Hall–Kier alpha value is -2.60. The van der Waals surface area contributed by atoms with Crippen LogP contribution in [0.15, 0.2) is 48.7 Å². The molecule has 6 heteroatoms. The number of nitrogens with one attached hydrogen (secondary N) is 2. The summed E-state index contributed by atoms with van der Waals surface area (Å²) in [6.07, 6.45) is 2.61. The van der Waals surface area contributed by atoms with E-state index in [0.717, 1.165) is 30.9 Å². The number of amides is 2. The second-order valence-corrected chi connectivity index (χ2v) is 5.93. The molecule has 1 aliphatic rings. The third-order valence-electron chi connectivity index (χ3n) is 4.16. The topological polar surface area (TPSA) is 66.5 Å². The summed E-state index contributed by atoms with van der Waals surface area (Å²) < 4.78 is 5.39. The summed E-state index contributed by atoms with van der Waals surface area (Å²) in [5.41, 5.74) is 2.23. The molecule has 0 bridgehead atoms. The number of anilines is 1. The summed E-state index contributed by atoms with van der Waals surface area (Å²) in [6.45, 7) is 4.14. The first-order valence-corrected chi connectivity index (χ1v) is 8.65. The molecular formula is C19H24N4O2. The first kappa shape index (κ1) is 17.2. The van der Waals surface area contributed by atoms with Crippen LogP contribution < -0.4 is 15.5 Å². The molecule has 2 amide bonds. The maximum absolute atomic E-state index is 12.0. The first-order chi connectivity index (χ1) is 12.3. The molecule has 132 valence electrons. The van der Waals surface area contributed by atoms with Gasteiger partial charge in [-0.25, -0.2) is 9.78 Å². The number of nitrogens with zero attached hydrogens (tertiary/aromatic N) is 2. The summed E-state index contributed by atoms with van der Waals surface area (Å²) in [7, 11) is 0. The van der Waals surface area contributed by atoms with Crippen LogP contribution in [0.4, 0.5) is 10.6 Å². The van der Waals surface area contributed by atoms with Gasteiger partial charge in [0.2, 0.25) is 0 Å². The Morgan fingerprint density at radius 1 is 1.08 bits per heavy atom. The molecule has 0 unspecified atom stereocenters. The highest BCUT2D eigenvalue weighted by molar-refractivity contribution is 5.74. The van der Waals surface area contributed by atoms with Crippen LogP contribution in [-0.4, -0.2) is 43.9 Å². The van der Waals surface area contributed by atoms with Crippen LogP contribution in [0.2, 0.25) is 0 Å². The van der Waals surface area contributed by atoms with Gasteiger partial charge in [0.25, 0.3) is 0 Å². The number of morpholine rings is 1. The van der Waals surface area contributed by atoms with Crippen molar-refractivity contribution >= 4 is 11.8 Å². The van der Waals surface area contributed by atoms with E-state index in [-0.39, 0.29) is 6.03 Å². The van der Waals surface area contributed by atoms with E-state index in [1.807, 2.05) is 30.3 Å². The normalized spacial score (nSPS) is 14.2. The summed E-state index contributed by atoms with van der Waals surface area (Å²) in [6, 6.07) is 13.9. The predicted octanol–water partition coefficient (Wildman–Crippen LogP) is 1.96. The highest BCUT2D eigenvalue weighted by Gasteiger charge is 2.16. The number of urea groups is 1. The van der Waals surface area contributed by atoms with Gasteiger partial charge in [-0.15, -0.1) is 0 Å². The lowest BCUT2D eigenvalue weighted by molar-refractivity contribution is 0.122. The molecule has 1 aromatic heterocycles. The van der Waals surface area contributed by atoms with E-state index in [4.69, 9.17) is 4.74 Å². The van der Waals surface area contributed by atoms with Crippen LogP contribution in [0.1, 0.15) is 11.1 Å². The van der Waals surface area contributed by atoms with E-state index in [1.165, 1.54) is 5.56 Å². The lowest BCUT2D eigenvalue weighted by atomic mass is 10.1. The van der Waals surface area contributed by atoms with Crippen LogP contribution in [0.25, 0.3) is 0 Å². The molecule has 25 heavy (non-hydrogen) atoms. The van der Waals surface area contributed by atoms with Crippen molar-refractivity contribution in [3.05, 3.63) is 59.8 Å².